The molecule has 6 heteroatoms. The van der Waals surface area contributed by atoms with Gasteiger partial charge in [0, 0.05) is 22.6 Å². The molecule has 1 aromatic carbocycles. The molecule has 0 amide bonds. The van der Waals surface area contributed by atoms with E-state index in [4.69, 9.17) is 0 Å². The number of aromatic nitrogens is 3. The number of pyridine rings is 1. The Morgan fingerprint density at radius 3 is 2.48 bits per heavy atom. The quantitative estimate of drug-likeness (QED) is 0.650. The summed E-state index contributed by atoms with van der Waals surface area (Å²) >= 11 is 5.12. The Kier molecular flexibility index (Phi) is 5.48. The molecule has 0 fully saturated rings. The van der Waals surface area contributed by atoms with Crippen LogP contribution < -0.4 is 0 Å². The summed E-state index contributed by atoms with van der Waals surface area (Å²) in [6.07, 6.45) is 5.30. The minimum atomic E-state index is -0.0169. The SMILES string of the molecule is OCc1cnc(SCc2ccc(Br)cc2)n1Cc1ccncc1. The third-order valence-electron chi connectivity index (χ3n) is 3.43. The van der Waals surface area contributed by atoms with Gasteiger partial charge in [-0.05, 0) is 35.4 Å². The molecular weight excluding hydrogens is 374 g/mol. The number of thioether (sulfide) groups is 1. The summed E-state index contributed by atoms with van der Waals surface area (Å²) in [4.78, 5) is 8.50. The van der Waals surface area contributed by atoms with Gasteiger partial charge in [-0.2, -0.15) is 0 Å². The fraction of sp³-hybridized carbons (Fsp3) is 0.176. The van der Waals surface area contributed by atoms with Crippen molar-refractivity contribution in [3.63, 3.8) is 0 Å². The van der Waals surface area contributed by atoms with E-state index in [2.05, 4.69) is 42.6 Å². The van der Waals surface area contributed by atoms with Crippen molar-refractivity contribution in [2.45, 2.75) is 24.1 Å². The van der Waals surface area contributed by atoms with E-state index in [0.717, 1.165) is 26.6 Å². The molecule has 0 aliphatic heterocycles. The Morgan fingerprint density at radius 1 is 1.04 bits per heavy atom. The Balaban J connectivity index is 1.76. The lowest BCUT2D eigenvalue weighted by Crippen LogP contribution is -2.06. The maximum absolute atomic E-state index is 9.54. The lowest BCUT2D eigenvalue weighted by molar-refractivity contribution is 0.270. The average Bonchev–Trinajstić information content (AvgIpc) is 2.97. The molecule has 4 nitrogen and oxygen atoms in total. The van der Waals surface area contributed by atoms with Crippen molar-refractivity contribution in [2.24, 2.45) is 0 Å². The molecule has 3 aromatic rings. The molecule has 0 radical (unpaired) electrons. The van der Waals surface area contributed by atoms with E-state index in [1.807, 2.05) is 24.3 Å². The van der Waals surface area contributed by atoms with Crippen LogP contribution in [0, 0.1) is 0 Å². The van der Waals surface area contributed by atoms with Gasteiger partial charge >= 0.3 is 0 Å². The second-order valence-corrected chi connectivity index (χ2v) is 6.91. The normalized spacial score (nSPS) is 10.9. The zero-order chi connectivity index (χ0) is 16.1. The highest BCUT2D eigenvalue weighted by Gasteiger charge is 2.11. The summed E-state index contributed by atoms with van der Waals surface area (Å²) in [6.45, 7) is 0.665. The zero-order valence-electron chi connectivity index (χ0n) is 12.4. The maximum Gasteiger partial charge on any atom is 0.168 e. The Morgan fingerprint density at radius 2 is 1.78 bits per heavy atom. The van der Waals surface area contributed by atoms with Crippen molar-refractivity contribution in [3.8, 4) is 0 Å². The number of imidazole rings is 1. The molecule has 0 bridgehead atoms. The lowest BCUT2D eigenvalue weighted by Gasteiger charge is -2.10. The van der Waals surface area contributed by atoms with E-state index < -0.39 is 0 Å². The molecule has 23 heavy (non-hydrogen) atoms. The zero-order valence-corrected chi connectivity index (χ0v) is 14.8. The van der Waals surface area contributed by atoms with E-state index in [9.17, 15) is 5.11 Å². The van der Waals surface area contributed by atoms with Crippen LogP contribution in [0.25, 0.3) is 0 Å². The fourth-order valence-electron chi connectivity index (χ4n) is 2.20. The van der Waals surface area contributed by atoms with Gasteiger partial charge in [0.15, 0.2) is 5.16 Å². The molecule has 3 rings (SSSR count). The number of rotatable bonds is 6. The molecule has 2 heterocycles. The minimum Gasteiger partial charge on any atom is -0.390 e. The molecule has 0 aliphatic rings. The molecule has 2 aromatic heterocycles. The first-order valence-corrected chi connectivity index (χ1v) is 8.95. The van der Waals surface area contributed by atoms with Crippen LogP contribution in [0.4, 0.5) is 0 Å². The molecule has 0 unspecified atom stereocenters. The summed E-state index contributed by atoms with van der Waals surface area (Å²) in [5.41, 5.74) is 3.19. The van der Waals surface area contributed by atoms with Gasteiger partial charge in [0.2, 0.25) is 0 Å². The molecule has 0 saturated heterocycles. The number of nitrogens with zero attached hydrogens (tertiary/aromatic N) is 3. The van der Waals surface area contributed by atoms with Gasteiger partial charge < -0.3 is 9.67 Å². The van der Waals surface area contributed by atoms with Gasteiger partial charge in [0.05, 0.1) is 25.0 Å². The van der Waals surface area contributed by atoms with Gasteiger partial charge in [-0.15, -0.1) is 0 Å². The summed E-state index contributed by atoms with van der Waals surface area (Å²) in [5.74, 6) is 0.839. The molecule has 0 spiro atoms. The number of aliphatic hydroxyl groups is 1. The van der Waals surface area contributed by atoms with Gasteiger partial charge in [-0.1, -0.05) is 39.8 Å². The number of hydrogen-bond donors (Lipinski definition) is 1. The number of hydrogen-bond acceptors (Lipinski definition) is 4. The fourth-order valence-corrected chi connectivity index (χ4v) is 3.42. The maximum atomic E-state index is 9.54. The summed E-state index contributed by atoms with van der Waals surface area (Å²) < 4.78 is 3.13. The first kappa shape index (κ1) is 16.2. The smallest absolute Gasteiger partial charge is 0.168 e. The molecule has 0 saturated carbocycles. The number of halogens is 1. The lowest BCUT2D eigenvalue weighted by atomic mass is 10.2. The van der Waals surface area contributed by atoms with Crippen molar-refractivity contribution in [1.82, 2.24) is 14.5 Å². The van der Waals surface area contributed by atoms with Crippen LogP contribution in [0.2, 0.25) is 0 Å². The molecular formula is C17H16BrN3OS. The number of benzene rings is 1. The highest BCUT2D eigenvalue weighted by molar-refractivity contribution is 9.10. The van der Waals surface area contributed by atoms with Crippen LogP contribution >= 0.6 is 27.7 Å². The first-order valence-electron chi connectivity index (χ1n) is 7.17. The molecule has 0 aliphatic carbocycles. The highest BCUT2D eigenvalue weighted by Crippen LogP contribution is 2.24. The Labute approximate surface area is 147 Å². The van der Waals surface area contributed by atoms with Gasteiger partial charge in [-0.3, -0.25) is 4.98 Å². The Bertz CT molecular complexity index is 759. The molecule has 0 atom stereocenters. The summed E-state index contributed by atoms with van der Waals surface area (Å²) in [5, 5.41) is 10.4. The van der Waals surface area contributed by atoms with E-state index in [1.54, 1.807) is 30.4 Å². The van der Waals surface area contributed by atoms with Crippen molar-refractivity contribution in [1.29, 1.82) is 0 Å². The second kappa shape index (κ2) is 7.77. The van der Waals surface area contributed by atoms with E-state index in [0.29, 0.717) is 6.54 Å². The van der Waals surface area contributed by atoms with E-state index in [1.165, 1.54) is 5.56 Å². The van der Waals surface area contributed by atoms with Crippen LogP contribution in [-0.4, -0.2) is 19.6 Å². The first-order chi connectivity index (χ1) is 11.3. The third-order valence-corrected chi connectivity index (χ3v) is 5.03. The second-order valence-electron chi connectivity index (χ2n) is 5.05. The van der Waals surface area contributed by atoms with E-state index >= 15 is 0 Å². The monoisotopic (exact) mass is 389 g/mol. The van der Waals surface area contributed by atoms with Crippen molar-refractivity contribution >= 4 is 27.7 Å². The van der Waals surface area contributed by atoms with Gasteiger partial charge in [0.1, 0.15) is 0 Å². The highest BCUT2D eigenvalue weighted by atomic mass is 79.9. The summed E-state index contributed by atoms with van der Waals surface area (Å²) in [6, 6.07) is 12.2. The van der Waals surface area contributed by atoms with Crippen LogP contribution in [-0.2, 0) is 18.9 Å². The largest absolute Gasteiger partial charge is 0.390 e. The Hall–Kier alpha value is -1.63. The topological polar surface area (TPSA) is 50.9 Å². The van der Waals surface area contributed by atoms with Gasteiger partial charge in [-0.25, -0.2) is 4.98 Å². The minimum absolute atomic E-state index is 0.0169. The predicted molar refractivity (Wildman–Crippen MR) is 95.2 cm³/mol. The average molecular weight is 390 g/mol. The van der Waals surface area contributed by atoms with Crippen LogP contribution in [0.15, 0.2) is 64.6 Å². The third kappa shape index (κ3) is 4.22. The van der Waals surface area contributed by atoms with Crippen LogP contribution in [0.3, 0.4) is 0 Å². The predicted octanol–water partition coefficient (Wildman–Crippen LogP) is 3.87. The van der Waals surface area contributed by atoms with Crippen LogP contribution in [0.5, 0.6) is 0 Å². The standard InChI is InChI=1S/C17H16BrN3OS/c18-15-3-1-14(2-4-15)12-23-17-20-9-16(11-22)21(17)10-13-5-7-19-8-6-13/h1-9,22H,10-12H2. The van der Waals surface area contributed by atoms with Crippen molar-refractivity contribution < 1.29 is 5.11 Å². The molecule has 1 N–H and O–H groups in total. The van der Waals surface area contributed by atoms with Gasteiger partial charge in [0.25, 0.3) is 0 Å². The van der Waals surface area contributed by atoms with Crippen molar-refractivity contribution in [2.75, 3.05) is 0 Å². The molecule has 118 valence electrons. The summed E-state index contributed by atoms with van der Waals surface area (Å²) in [7, 11) is 0. The number of aliphatic hydroxyl groups excluding tert-OH is 1. The van der Waals surface area contributed by atoms with Crippen molar-refractivity contribution in [3.05, 3.63) is 76.3 Å². The van der Waals surface area contributed by atoms with Crippen LogP contribution in [0.1, 0.15) is 16.8 Å². The van der Waals surface area contributed by atoms with E-state index in [-0.39, 0.29) is 6.61 Å².